The predicted octanol–water partition coefficient (Wildman–Crippen LogP) is 4.41. The van der Waals surface area contributed by atoms with Gasteiger partial charge in [0.25, 0.3) is 0 Å². The molecule has 0 saturated heterocycles. The summed E-state index contributed by atoms with van der Waals surface area (Å²) in [4.78, 5) is 0.643. The number of hydrogen-bond acceptors (Lipinski definition) is 0. The second-order valence-corrected chi connectivity index (χ2v) is 6.46. The molecule has 1 aromatic rings. The van der Waals surface area contributed by atoms with Crippen molar-refractivity contribution in [1.29, 1.82) is 0 Å². The van der Waals surface area contributed by atoms with Gasteiger partial charge in [-0.3, -0.25) is 0 Å². The molecule has 0 radical (unpaired) electrons. The van der Waals surface area contributed by atoms with Gasteiger partial charge >= 0.3 is 0 Å². The Morgan fingerprint density at radius 2 is 2.00 bits per heavy atom. The number of benzene rings is 1. The predicted molar refractivity (Wildman–Crippen MR) is 69.7 cm³/mol. The molecule has 1 aliphatic rings. The zero-order valence-corrected chi connectivity index (χ0v) is 11.4. The van der Waals surface area contributed by atoms with E-state index in [4.69, 9.17) is 0 Å². The lowest BCUT2D eigenvalue weighted by Gasteiger charge is -2.19. The number of rotatable bonds is 3. The van der Waals surface area contributed by atoms with Crippen molar-refractivity contribution >= 4 is 15.9 Å². The lowest BCUT2D eigenvalue weighted by atomic mass is 9.90. The molecule has 1 fully saturated rings. The Kier molecular flexibility index (Phi) is 2.94. The van der Waals surface area contributed by atoms with Gasteiger partial charge in [0.05, 0.1) is 0 Å². The molecule has 1 aromatic carbocycles. The fourth-order valence-electron chi connectivity index (χ4n) is 2.25. The van der Waals surface area contributed by atoms with Crippen LogP contribution in [0.2, 0.25) is 0 Å². The summed E-state index contributed by atoms with van der Waals surface area (Å²) in [5.74, 6) is 0. The summed E-state index contributed by atoms with van der Waals surface area (Å²) in [6.07, 6.45) is 4.01. The first kappa shape index (κ1) is 11.2. The van der Waals surface area contributed by atoms with E-state index in [0.717, 1.165) is 0 Å². The summed E-state index contributed by atoms with van der Waals surface area (Å²) in [6, 6.07) is 6.81. The Morgan fingerprint density at radius 3 is 2.53 bits per heavy atom. The Morgan fingerprint density at radius 1 is 1.33 bits per heavy atom. The number of aryl methyl sites for hydroxylation is 2. The molecule has 0 N–H and O–H groups in total. The summed E-state index contributed by atoms with van der Waals surface area (Å²) in [7, 11) is 0. The van der Waals surface area contributed by atoms with Crippen LogP contribution in [0.4, 0.5) is 0 Å². The lowest BCUT2D eigenvalue weighted by Crippen LogP contribution is -2.15. The fourth-order valence-corrected chi connectivity index (χ4v) is 2.87. The van der Waals surface area contributed by atoms with Crippen molar-refractivity contribution in [3.05, 3.63) is 34.9 Å². The van der Waals surface area contributed by atoms with Crippen molar-refractivity contribution in [3.8, 4) is 0 Å². The van der Waals surface area contributed by atoms with Gasteiger partial charge in [-0.15, -0.1) is 0 Å². The highest BCUT2D eigenvalue weighted by molar-refractivity contribution is 9.09. The maximum absolute atomic E-state index is 3.76. The van der Waals surface area contributed by atoms with E-state index in [9.17, 15) is 0 Å². The molecule has 0 aromatic heterocycles. The lowest BCUT2D eigenvalue weighted by molar-refractivity contribution is 0.507. The van der Waals surface area contributed by atoms with E-state index in [1.807, 2.05) is 0 Å². The molecule has 1 saturated carbocycles. The van der Waals surface area contributed by atoms with Crippen LogP contribution >= 0.6 is 15.9 Å². The molecule has 15 heavy (non-hydrogen) atoms. The van der Waals surface area contributed by atoms with Gasteiger partial charge in [-0.1, -0.05) is 46.6 Å². The molecule has 2 rings (SSSR count). The van der Waals surface area contributed by atoms with Crippen LogP contribution in [0, 0.1) is 19.3 Å². The summed E-state index contributed by atoms with van der Waals surface area (Å²) in [6.45, 7) is 6.70. The van der Waals surface area contributed by atoms with E-state index in [1.165, 1.54) is 30.4 Å². The highest BCUT2D eigenvalue weighted by Crippen LogP contribution is 2.54. The molecule has 1 atom stereocenters. The zero-order chi connectivity index (χ0) is 11.1. The fraction of sp³-hybridized carbons (Fsp3) is 0.571. The summed E-state index contributed by atoms with van der Waals surface area (Å²) >= 11 is 3.76. The van der Waals surface area contributed by atoms with Crippen molar-refractivity contribution in [3.63, 3.8) is 0 Å². The minimum atomic E-state index is 0.554. The Hall–Kier alpha value is -0.300. The van der Waals surface area contributed by atoms with Crippen molar-refractivity contribution in [2.75, 3.05) is 0 Å². The van der Waals surface area contributed by atoms with Gasteiger partial charge in [-0.25, -0.2) is 0 Å². The summed E-state index contributed by atoms with van der Waals surface area (Å²) in [5.41, 5.74) is 4.92. The third kappa shape index (κ3) is 2.28. The van der Waals surface area contributed by atoms with Crippen molar-refractivity contribution < 1.29 is 0 Å². The molecule has 0 bridgehead atoms. The molecule has 0 spiro atoms. The van der Waals surface area contributed by atoms with Crippen LogP contribution in [0.15, 0.2) is 18.2 Å². The molecular formula is C14H19Br. The van der Waals surface area contributed by atoms with E-state index in [1.54, 1.807) is 5.56 Å². The van der Waals surface area contributed by atoms with E-state index < -0.39 is 0 Å². The first-order chi connectivity index (χ1) is 7.03. The Balaban J connectivity index is 2.21. The second-order valence-electron chi connectivity index (χ2n) is 5.09. The highest BCUT2D eigenvalue weighted by Gasteiger charge is 2.46. The van der Waals surface area contributed by atoms with Crippen LogP contribution in [-0.4, -0.2) is 4.83 Å². The molecule has 0 amide bonds. The van der Waals surface area contributed by atoms with Crippen molar-refractivity contribution in [2.24, 2.45) is 5.41 Å². The van der Waals surface area contributed by atoms with Crippen LogP contribution in [0.5, 0.6) is 0 Å². The van der Waals surface area contributed by atoms with Crippen LogP contribution in [0.3, 0.4) is 0 Å². The monoisotopic (exact) mass is 266 g/mol. The van der Waals surface area contributed by atoms with Gasteiger partial charge in [0, 0.05) is 4.83 Å². The molecule has 0 heterocycles. The van der Waals surface area contributed by atoms with Crippen LogP contribution < -0.4 is 0 Å². The van der Waals surface area contributed by atoms with Crippen molar-refractivity contribution in [1.82, 2.24) is 0 Å². The molecule has 82 valence electrons. The maximum atomic E-state index is 3.76. The van der Waals surface area contributed by atoms with E-state index in [0.29, 0.717) is 10.2 Å². The van der Waals surface area contributed by atoms with Gasteiger partial charge in [0.15, 0.2) is 0 Å². The topological polar surface area (TPSA) is 0 Å². The first-order valence-electron chi connectivity index (χ1n) is 5.74. The van der Waals surface area contributed by atoms with Gasteiger partial charge in [0.1, 0.15) is 0 Å². The van der Waals surface area contributed by atoms with Gasteiger partial charge < -0.3 is 0 Å². The summed E-state index contributed by atoms with van der Waals surface area (Å²) < 4.78 is 0. The van der Waals surface area contributed by atoms with Gasteiger partial charge in [0.2, 0.25) is 0 Å². The van der Waals surface area contributed by atoms with Crippen molar-refractivity contribution in [2.45, 2.75) is 44.9 Å². The smallest absolute Gasteiger partial charge is 0.0177 e. The first-order valence-corrected chi connectivity index (χ1v) is 6.65. The molecular weight excluding hydrogens is 248 g/mol. The van der Waals surface area contributed by atoms with E-state index in [-0.39, 0.29) is 0 Å². The highest BCUT2D eigenvalue weighted by atomic mass is 79.9. The van der Waals surface area contributed by atoms with Crippen LogP contribution in [0.1, 0.15) is 36.5 Å². The molecule has 1 unspecified atom stereocenters. The number of halogens is 1. The molecule has 1 heteroatoms. The van der Waals surface area contributed by atoms with Crippen LogP contribution in [-0.2, 0) is 6.42 Å². The van der Waals surface area contributed by atoms with Gasteiger partial charge in [-0.2, -0.15) is 0 Å². The minimum absolute atomic E-state index is 0.554. The average Bonchev–Trinajstić information content (AvgIpc) is 2.92. The normalized spacial score (nSPS) is 20.0. The Labute approximate surface area is 101 Å². The van der Waals surface area contributed by atoms with E-state index >= 15 is 0 Å². The standard InChI is InChI=1S/C14H19Br/c1-10-4-5-11(2)13(8-10)9-14(6-7-14)12(3)15/h4-5,8,12H,6-7,9H2,1-3H3. The third-order valence-electron chi connectivity index (χ3n) is 3.78. The third-order valence-corrected chi connectivity index (χ3v) is 4.75. The average molecular weight is 267 g/mol. The Bertz CT molecular complexity index is 362. The molecule has 0 aliphatic heterocycles. The quantitative estimate of drug-likeness (QED) is 0.711. The molecule has 0 nitrogen and oxygen atoms in total. The number of alkyl halides is 1. The second kappa shape index (κ2) is 3.93. The summed E-state index contributed by atoms with van der Waals surface area (Å²) in [5, 5.41) is 0. The van der Waals surface area contributed by atoms with Gasteiger partial charge in [-0.05, 0) is 49.7 Å². The maximum Gasteiger partial charge on any atom is 0.0177 e. The number of hydrogen-bond donors (Lipinski definition) is 0. The largest absolute Gasteiger partial charge is 0.0888 e. The SMILES string of the molecule is Cc1ccc(C)c(CC2(C(C)Br)CC2)c1. The van der Waals surface area contributed by atoms with Crippen LogP contribution in [0.25, 0.3) is 0 Å². The molecule has 1 aliphatic carbocycles. The van der Waals surface area contributed by atoms with E-state index in [2.05, 4.69) is 54.9 Å². The zero-order valence-electron chi connectivity index (χ0n) is 9.81. The minimum Gasteiger partial charge on any atom is -0.0888 e.